The number of fused-ring (bicyclic) bond motifs is 3. The van der Waals surface area contributed by atoms with Crippen LogP contribution >= 0.6 is 22.6 Å². The van der Waals surface area contributed by atoms with E-state index < -0.39 is 0 Å². The number of H-pyrrole nitrogens is 1. The molecule has 0 saturated carbocycles. The number of hydrogen-bond donors (Lipinski definition) is 1. The van der Waals surface area contributed by atoms with Gasteiger partial charge in [0.15, 0.2) is 0 Å². The van der Waals surface area contributed by atoms with Crippen molar-refractivity contribution < 1.29 is 0 Å². The van der Waals surface area contributed by atoms with Crippen LogP contribution in [0, 0.1) is 3.57 Å². The maximum Gasteiger partial charge on any atom is 0.0871 e. The molecule has 0 aliphatic carbocycles. The molecule has 0 aliphatic rings. The number of aromatic amines is 1. The van der Waals surface area contributed by atoms with Gasteiger partial charge in [-0.2, -0.15) is 0 Å². The molecular weight excluding hydrogens is 383 g/mol. The van der Waals surface area contributed by atoms with E-state index in [0.29, 0.717) is 0 Å². The molecule has 2 aromatic carbocycles. The summed E-state index contributed by atoms with van der Waals surface area (Å²) in [6, 6.07) is 18.9. The summed E-state index contributed by atoms with van der Waals surface area (Å²) in [5, 5.41) is 2.46. The van der Waals surface area contributed by atoms with Crippen molar-refractivity contribution in [1.29, 1.82) is 0 Å². The van der Waals surface area contributed by atoms with Gasteiger partial charge in [-0.1, -0.05) is 36.4 Å². The molecule has 0 amide bonds. The lowest BCUT2D eigenvalue weighted by Crippen LogP contribution is -1.82. The molecule has 22 heavy (non-hydrogen) atoms. The fourth-order valence-corrected chi connectivity index (χ4v) is 3.03. The molecule has 0 atom stereocenters. The number of hydrogen-bond acceptors (Lipinski definition) is 1. The average Bonchev–Trinajstić information content (AvgIpc) is 2.94. The summed E-state index contributed by atoms with van der Waals surface area (Å²) < 4.78 is 1.24. The molecule has 3 heteroatoms. The van der Waals surface area contributed by atoms with E-state index >= 15 is 0 Å². The molecule has 0 fully saturated rings. The predicted molar refractivity (Wildman–Crippen MR) is 102 cm³/mol. The number of rotatable bonds is 2. The van der Waals surface area contributed by atoms with Crippen LogP contribution in [0.1, 0.15) is 11.3 Å². The van der Waals surface area contributed by atoms with Crippen LogP contribution < -0.4 is 0 Å². The first kappa shape index (κ1) is 13.5. The fraction of sp³-hybridized carbons (Fsp3) is 0. The van der Waals surface area contributed by atoms with E-state index in [2.05, 4.69) is 93.2 Å². The van der Waals surface area contributed by atoms with Crippen LogP contribution in [0.4, 0.5) is 0 Å². The highest BCUT2D eigenvalue weighted by atomic mass is 127. The number of para-hydroxylation sites is 1. The summed E-state index contributed by atoms with van der Waals surface area (Å²) >= 11 is 2.31. The molecule has 0 radical (unpaired) electrons. The molecule has 1 N–H and O–H groups in total. The minimum atomic E-state index is 0.965. The van der Waals surface area contributed by atoms with E-state index in [0.717, 1.165) is 16.7 Å². The minimum Gasteiger partial charge on any atom is -0.353 e. The fourth-order valence-electron chi connectivity index (χ4n) is 2.67. The van der Waals surface area contributed by atoms with Gasteiger partial charge in [0.25, 0.3) is 0 Å². The summed E-state index contributed by atoms with van der Waals surface area (Å²) in [5.74, 6) is 0. The molecule has 0 aliphatic heterocycles. The Morgan fingerprint density at radius 3 is 2.55 bits per heavy atom. The standard InChI is InChI=1S/C19H13IN2/c20-14-8-5-13(6-9-14)7-10-18-19-16(11-12-21-18)15-3-1-2-4-17(15)22-19/h1-12,22H. The van der Waals surface area contributed by atoms with E-state index in [1.54, 1.807) is 0 Å². The van der Waals surface area contributed by atoms with Gasteiger partial charge < -0.3 is 4.98 Å². The van der Waals surface area contributed by atoms with Gasteiger partial charge >= 0.3 is 0 Å². The van der Waals surface area contributed by atoms with Crippen molar-refractivity contribution in [3.63, 3.8) is 0 Å². The molecular formula is C19H13IN2. The van der Waals surface area contributed by atoms with Gasteiger partial charge in [0, 0.05) is 26.1 Å². The zero-order chi connectivity index (χ0) is 14.9. The van der Waals surface area contributed by atoms with Gasteiger partial charge in [-0.05, 0) is 58.5 Å². The van der Waals surface area contributed by atoms with Crippen LogP contribution in [0.5, 0.6) is 0 Å². The monoisotopic (exact) mass is 396 g/mol. The summed E-state index contributed by atoms with van der Waals surface area (Å²) in [6.07, 6.45) is 6.04. The van der Waals surface area contributed by atoms with Crippen molar-refractivity contribution in [3.8, 4) is 0 Å². The highest BCUT2D eigenvalue weighted by molar-refractivity contribution is 14.1. The largest absolute Gasteiger partial charge is 0.353 e. The van der Waals surface area contributed by atoms with Crippen LogP contribution in [-0.2, 0) is 0 Å². The first-order chi connectivity index (χ1) is 10.8. The molecule has 0 saturated heterocycles. The third kappa shape index (κ3) is 2.41. The molecule has 2 nitrogen and oxygen atoms in total. The van der Waals surface area contributed by atoms with Gasteiger partial charge in [0.05, 0.1) is 11.2 Å². The second-order valence-corrected chi connectivity index (χ2v) is 6.42. The maximum absolute atomic E-state index is 4.52. The Hall–Kier alpha value is -2.14. The first-order valence-corrected chi connectivity index (χ1v) is 8.18. The van der Waals surface area contributed by atoms with Crippen LogP contribution in [0.15, 0.2) is 60.8 Å². The van der Waals surface area contributed by atoms with Crippen LogP contribution in [0.2, 0.25) is 0 Å². The van der Waals surface area contributed by atoms with Gasteiger partial charge in [0.2, 0.25) is 0 Å². The van der Waals surface area contributed by atoms with Crippen LogP contribution in [0.3, 0.4) is 0 Å². The molecule has 4 rings (SSSR count). The zero-order valence-corrected chi connectivity index (χ0v) is 13.9. The first-order valence-electron chi connectivity index (χ1n) is 7.10. The van der Waals surface area contributed by atoms with Gasteiger partial charge in [0.1, 0.15) is 0 Å². The molecule has 4 aromatic rings. The number of pyridine rings is 1. The Morgan fingerprint density at radius 2 is 1.68 bits per heavy atom. The quantitative estimate of drug-likeness (QED) is 0.446. The summed E-state index contributed by atoms with van der Waals surface area (Å²) in [5.41, 5.74) is 4.38. The Balaban J connectivity index is 1.83. The second-order valence-electron chi connectivity index (χ2n) is 5.17. The maximum atomic E-state index is 4.52. The third-order valence-electron chi connectivity index (χ3n) is 3.76. The summed E-state index contributed by atoms with van der Waals surface area (Å²) in [4.78, 5) is 7.99. The third-order valence-corrected chi connectivity index (χ3v) is 4.48. The number of nitrogens with zero attached hydrogens (tertiary/aromatic N) is 1. The Morgan fingerprint density at radius 1 is 0.864 bits per heavy atom. The van der Waals surface area contributed by atoms with E-state index in [4.69, 9.17) is 0 Å². The lowest BCUT2D eigenvalue weighted by Gasteiger charge is -1.97. The van der Waals surface area contributed by atoms with Crippen molar-refractivity contribution in [2.75, 3.05) is 0 Å². The SMILES string of the molecule is Ic1ccc(C=Cc2nccc3c2[nH]c2ccccc23)cc1. The summed E-state index contributed by atoms with van der Waals surface area (Å²) in [7, 11) is 0. The van der Waals surface area contributed by atoms with Gasteiger partial charge in [-0.3, -0.25) is 4.98 Å². The Labute approximate surface area is 142 Å². The molecule has 0 spiro atoms. The van der Waals surface area contributed by atoms with E-state index in [-0.39, 0.29) is 0 Å². The van der Waals surface area contributed by atoms with Crippen molar-refractivity contribution >= 4 is 56.5 Å². The van der Waals surface area contributed by atoms with E-state index in [1.165, 1.54) is 19.9 Å². The molecule has 2 heterocycles. The smallest absolute Gasteiger partial charge is 0.0871 e. The zero-order valence-electron chi connectivity index (χ0n) is 11.8. The second kappa shape index (κ2) is 5.57. The highest BCUT2D eigenvalue weighted by Gasteiger charge is 2.06. The summed E-state index contributed by atoms with van der Waals surface area (Å²) in [6.45, 7) is 0. The minimum absolute atomic E-state index is 0.965. The molecule has 106 valence electrons. The predicted octanol–water partition coefficient (Wildman–Crippen LogP) is 5.49. The lowest BCUT2D eigenvalue weighted by molar-refractivity contribution is 1.31. The average molecular weight is 396 g/mol. The number of nitrogens with one attached hydrogen (secondary N) is 1. The number of aromatic nitrogens is 2. The number of benzene rings is 2. The topological polar surface area (TPSA) is 28.7 Å². The van der Waals surface area contributed by atoms with Crippen molar-refractivity contribution in [2.45, 2.75) is 0 Å². The van der Waals surface area contributed by atoms with E-state index in [1.807, 2.05) is 12.3 Å². The van der Waals surface area contributed by atoms with E-state index in [9.17, 15) is 0 Å². The molecule has 2 aromatic heterocycles. The van der Waals surface area contributed by atoms with Crippen LogP contribution in [-0.4, -0.2) is 9.97 Å². The number of halogens is 1. The van der Waals surface area contributed by atoms with Crippen molar-refractivity contribution in [1.82, 2.24) is 9.97 Å². The normalized spacial score (nSPS) is 11.7. The van der Waals surface area contributed by atoms with Gasteiger partial charge in [-0.15, -0.1) is 0 Å². The van der Waals surface area contributed by atoms with Crippen molar-refractivity contribution in [2.24, 2.45) is 0 Å². The Bertz CT molecular complexity index is 981. The molecule has 0 bridgehead atoms. The molecule has 0 unspecified atom stereocenters. The lowest BCUT2D eigenvalue weighted by atomic mass is 10.1. The van der Waals surface area contributed by atoms with Gasteiger partial charge in [-0.25, -0.2) is 0 Å². The van der Waals surface area contributed by atoms with Crippen LogP contribution in [0.25, 0.3) is 34.0 Å². The van der Waals surface area contributed by atoms with Crippen molar-refractivity contribution in [3.05, 3.63) is 75.6 Å². The Kier molecular flexibility index (Phi) is 3.42. The highest BCUT2D eigenvalue weighted by Crippen LogP contribution is 2.27.